The molecule has 1 heterocycles. The Morgan fingerprint density at radius 1 is 1.00 bits per heavy atom. The Morgan fingerprint density at radius 3 is 2.31 bits per heavy atom. The number of nitrogens with one attached hydrogen (secondary N) is 2. The van der Waals surface area contributed by atoms with Crippen LogP contribution in [0, 0.1) is 13.8 Å². The van der Waals surface area contributed by atoms with Crippen LogP contribution in [0.2, 0.25) is 0 Å². The van der Waals surface area contributed by atoms with E-state index in [1.165, 1.54) is 29.8 Å². The van der Waals surface area contributed by atoms with Crippen LogP contribution in [0.25, 0.3) is 0 Å². The molecule has 0 saturated heterocycles. The Hall–Kier alpha value is -3.46. The van der Waals surface area contributed by atoms with Crippen LogP contribution in [0.1, 0.15) is 30.4 Å². The van der Waals surface area contributed by atoms with Gasteiger partial charge in [0.15, 0.2) is 6.61 Å². The summed E-state index contributed by atoms with van der Waals surface area (Å²) in [7, 11) is -3.82. The maximum atomic E-state index is 12.6. The summed E-state index contributed by atoms with van der Waals surface area (Å²) in [6.45, 7) is 5.41. The van der Waals surface area contributed by atoms with Gasteiger partial charge in [0.05, 0.1) is 4.90 Å². The van der Waals surface area contributed by atoms with Crippen LogP contribution in [0.5, 0.6) is 5.75 Å². The second-order valence-corrected chi connectivity index (χ2v) is 8.98. The van der Waals surface area contributed by atoms with Crippen molar-refractivity contribution in [3.05, 3.63) is 71.7 Å². The molecular weight excluding hydrogens is 428 g/mol. The van der Waals surface area contributed by atoms with Gasteiger partial charge in [-0.1, -0.05) is 25.5 Å². The van der Waals surface area contributed by atoms with Crippen LogP contribution >= 0.6 is 0 Å². The summed E-state index contributed by atoms with van der Waals surface area (Å²) in [4.78, 5) is 20.4. The van der Waals surface area contributed by atoms with Crippen molar-refractivity contribution in [3.63, 3.8) is 0 Å². The van der Waals surface area contributed by atoms with E-state index in [0.29, 0.717) is 23.0 Å². The minimum Gasteiger partial charge on any atom is -0.484 e. The Balaban J connectivity index is 1.56. The van der Waals surface area contributed by atoms with Gasteiger partial charge in [-0.25, -0.2) is 18.4 Å². The third kappa shape index (κ3) is 6.52. The standard InChI is InChI=1S/C23H26N4O4S/c1-4-5-18-6-10-20(11-7-18)31-15-23(28)26-19-8-12-21(13-9-19)32(29,30)27-22-14-16(2)24-17(3)25-22/h6-14H,4-5,15H2,1-3H3,(H,26,28)(H,24,25,27). The van der Waals surface area contributed by atoms with Crippen molar-refractivity contribution in [2.24, 2.45) is 0 Å². The maximum Gasteiger partial charge on any atom is 0.263 e. The van der Waals surface area contributed by atoms with Gasteiger partial charge in [0.1, 0.15) is 17.4 Å². The smallest absolute Gasteiger partial charge is 0.263 e. The van der Waals surface area contributed by atoms with E-state index >= 15 is 0 Å². The van der Waals surface area contributed by atoms with E-state index in [0.717, 1.165) is 12.8 Å². The van der Waals surface area contributed by atoms with Gasteiger partial charge in [-0.15, -0.1) is 0 Å². The minimum atomic E-state index is -3.82. The number of benzene rings is 2. The van der Waals surface area contributed by atoms with Gasteiger partial charge in [0.25, 0.3) is 15.9 Å². The molecule has 1 aromatic heterocycles. The van der Waals surface area contributed by atoms with E-state index in [1.54, 1.807) is 19.9 Å². The lowest BCUT2D eigenvalue weighted by Gasteiger charge is -2.10. The van der Waals surface area contributed by atoms with E-state index < -0.39 is 10.0 Å². The van der Waals surface area contributed by atoms with Gasteiger partial charge < -0.3 is 10.1 Å². The number of hydrogen-bond donors (Lipinski definition) is 2. The average Bonchev–Trinajstić information content (AvgIpc) is 2.73. The number of aryl methyl sites for hydroxylation is 3. The summed E-state index contributed by atoms with van der Waals surface area (Å²) in [6, 6.07) is 15.0. The Kier molecular flexibility index (Phi) is 7.42. The molecule has 0 saturated carbocycles. The van der Waals surface area contributed by atoms with Crippen LogP contribution in [0.4, 0.5) is 11.5 Å². The largest absolute Gasteiger partial charge is 0.484 e. The summed E-state index contributed by atoms with van der Waals surface area (Å²) < 4.78 is 33.2. The van der Waals surface area contributed by atoms with E-state index in [-0.39, 0.29) is 23.2 Å². The first kappa shape index (κ1) is 23.2. The van der Waals surface area contributed by atoms with Crippen molar-refractivity contribution in [1.82, 2.24) is 9.97 Å². The van der Waals surface area contributed by atoms with Crippen LogP contribution in [-0.2, 0) is 21.2 Å². The summed E-state index contributed by atoms with van der Waals surface area (Å²) in [5.41, 5.74) is 2.34. The Labute approximate surface area is 188 Å². The number of aromatic nitrogens is 2. The molecule has 0 aliphatic heterocycles. The molecule has 9 heteroatoms. The molecular formula is C23H26N4O4S. The number of rotatable bonds is 9. The number of hydrogen-bond acceptors (Lipinski definition) is 6. The van der Waals surface area contributed by atoms with Crippen molar-refractivity contribution < 1.29 is 17.9 Å². The van der Waals surface area contributed by atoms with Gasteiger partial charge in [-0.05, 0) is 62.2 Å². The lowest BCUT2D eigenvalue weighted by molar-refractivity contribution is -0.118. The molecule has 1 amide bonds. The molecule has 2 aromatic carbocycles. The van der Waals surface area contributed by atoms with E-state index in [1.807, 2.05) is 24.3 Å². The molecule has 3 rings (SSSR count). The average molecular weight is 455 g/mol. The fourth-order valence-electron chi connectivity index (χ4n) is 3.07. The molecule has 0 atom stereocenters. The van der Waals surface area contributed by atoms with Gasteiger partial charge in [0.2, 0.25) is 0 Å². The molecule has 168 valence electrons. The predicted octanol–water partition coefficient (Wildman–Crippen LogP) is 3.86. The zero-order valence-corrected chi connectivity index (χ0v) is 19.1. The van der Waals surface area contributed by atoms with Crippen molar-refractivity contribution in [3.8, 4) is 5.75 Å². The second-order valence-electron chi connectivity index (χ2n) is 7.30. The fourth-order valence-corrected chi connectivity index (χ4v) is 4.06. The highest BCUT2D eigenvalue weighted by atomic mass is 32.2. The zero-order chi connectivity index (χ0) is 23.1. The number of nitrogens with zero attached hydrogens (tertiary/aromatic N) is 2. The number of sulfonamides is 1. The Morgan fingerprint density at radius 2 is 1.69 bits per heavy atom. The Bertz CT molecular complexity index is 1160. The number of amides is 1. The van der Waals surface area contributed by atoms with E-state index in [2.05, 4.69) is 26.9 Å². The molecule has 32 heavy (non-hydrogen) atoms. The summed E-state index contributed by atoms with van der Waals surface area (Å²) >= 11 is 0. The topological polar surface area (TPSA) is 110 Å². The quantitative estimate of drug-likeness (QED) is 0.508. The van der Waals surface area contributed by atoms with Gasteiger partial charge >= 0.3 is 0 Å². The highest BCUT2D eigenvalue weighted by Gasteiger charge is 2.16. The molecule has 0 unspecified atom stereocenters. The van der Waals surface area contributed by atoms with Crippen LogP contribution in [0.3, 0.4) is 0 Å². The lowest BCUT2D eigenvalue weighted by atomic mass is 10.1. The van der Waals surface area contributed by atoms with Crippen LogP contribution in [-0.4, -0.2) is 30.9 Å². The monoisotopic (exact) mass is 454 g/mol. The van der Waals surface area contributed by atoms with Gasteiger partial charge in [-0.2, -0.15) is 0 Å². The molecule has 0 aliphatic carbocycles. The summed E-state index contributed by atoms with van der Waals surface area (Å²) in [5, 5.41) is 2.69. The van der Waals surface area contributed by atoms with Gasteiger partial charge in [-0.3, -0.25) is 9.52 Å². The SMILES string of the molecule is CCCc1ccc(OCC(=O)Nc2ccc(S(=O)(=O)Nc3cc(C)nc(C)n3)cc2)cc1. The first-order valence-corrected chi connectivity index (χ1v) is 11.7. The van der Waals surface area contributed by atoms with Crippen molar-refractivity contribution >= 4 is 27.4 Å². The maximum absolute atomic E-state index is 12.6. The molecule has 2 N–H and O–H groups in total. The first-order chi connectivity index (χ1) is 15.2. The van der Waals surface area contributed by atoms with E-state index in [4.69, 9.17) is 4.74 Å². The molecule has 0 radical (unpaired) electrons. The summed E-state index contributed by atoms with van der Waals surface area (Å²) in [6.07, 6.45) is 2.07. The molecule has 8 nitrogen and oxygen atoms in total. The fraction of sp³-hybridized carbons (Fsp3) is 0.261. The van der Waals surface area contributed by atoms with Crippen molar-refractivity contribution in [1.29, 1.82) is 0 Å². The highest BCUT2D eigenvalue weighted by Crippen LogP contribution is 2.18. The normalized spacial score (nSPS) is 11.1. The van der Waals surface area contributed by atoms with Crippen LogP contribution < -0.4 is 14.8 Å². The molecule has 0 bridgehead atoms. The molecule has 0 aliphatic rings. The summed E-state index contributed by atoms with van der Waals surface area (Å²) in [5.74, 6) is 0.943. The number of carbonyl (C=O) groups excluding carboxylic acids is 1. The molecule has 3 aromatic rings. The van der Waals surface area contributed by atoms with E-state index in [9.17, 15) is 13.2 Å². The number of ether oxygens (including phenoxy) is 1. The number of carbonyl (C=O) groups is 1. The minimum absolute atomic E-state index is 0.0489. The third-order valence-electron chi connectivity index (χ3n) is 4.49. The third-order valence-corrected chi connectivity index (χ3v) is 5.86. The van der Waals surface area contributed by atoms with Crippen molar-refractivity contribution in [2.45, 2.75) is 38.5 Å². The molecule has 0 fully saturated rings. The number of anilines is 2. The molecule has 0 spiro atoms. The van der Waals surface area contributed by atoms with Crippen molar-refractivity contribution in [2.75, 3.05) is 16.6 Å². The zero-order valence-electron chi connectivity index (χ0n) is 18.3. The lowest BCUT2D eigenvalue weighted by Crippen LogP contribution is -2.20. The second kappa shape index (κ2) is 10.2. The highest BCUT2D eigenvalue weighted by molar-refractivity contribution is 7.92. The predicted molar refractivity (Wildman–Crippen MR) is 123 cm³/mol. The first-order valence-electron chi connectivity index (χ1n) is 10.2. The van der Waals surface area contributed by atoms with Crippen LogP contribution in [0.15, 0.2) is 59.5 Å². The van der Waals surface area contributed by atoms with Gasteiger partial charge in [0, 0.05) is 17.4 Å².